The highest BCUT2D eigenvalue weighted by atomic mass is 32.2. The third-order valence-corrected chi connectivity index (χ3v) is 6.45. The first-order valence-electron chi connectivity index (χ1n) is 9.11. The van der Waals surface area contributed by atoms with Crippen LogP contribution in [0.3, 0.4) is 0 Å². The van der Waals surface area contributed by atoms with E-state index in [0.29, 0.717) is 55.4 Å². The maximum absolute atomic E-state index is 12.4. The van der Waals surface area contributed by atoms with Gasteiger partial charge in [0.25, 0.3) is 5.91 Å². The zero-order valence-electron chi connectivity index (χ0n) is 15.2. The molecule has 2 aromatic rings. The molecule has 0 spiro atoms. The Balaban J connectivity index is 1.35. The van der Waals surface area contributed by atoms with Crippen LogP contribution in [-0.2, 0) is 23.1 Å². The standard InChI is InChI=1S/C19H21N3O5S/c23-19(14-1-4-17-18(10-14)27-8-7-26-17)21-11-13-5-6-20-15(9-13)12-22-28(24,25)16-2-3-16/h1,4-6,9-10,16,22H,2-3,7-8,11-12H2,(H,21,23). The number of benzene rings is 1. The van der Waals surface area contributed by atoms with Crippen LogP contribution in [0.15, 0.2) is 36.5 Å². The van der Waals surface area contributed by atoms with Crippen LogP contribution in [0.25, 0.3) is 0 Å². The van der Waals surface area contributed by atoms with Crippen LogP contribution in [-0.4, -0.2) is 37.8 Å². The summed E-state index contributed by atoms with van der Waals surface area (Å²) in [7, 11) is -3.25. The van der Waals surface area contributed by atoms with E-state index in [-0.39, 0.29) is 17.7 Å². The van der Waals surface area contributed by atoms with Gasteiger partial charge in [-0.1, -0.05) is 0 Å². The van der Waals surface area contributed by atoms with Gasteiger partial charge in [0, 0.05) is 18.3 Å². The van der Waals surface area contributed by atoms with Crippen molar-refractivity contribution in [2.24, 2.45) is 0 Å². The summed E-state index contributed by atoms with van der Waals surface area (Å²) in [5.41, 5.74) is 1.92. The number of amides is 1. The summed E-state index contributed by atoms with van der Waals surface area (Å²) < 4.78 is 37.4. The van der Waals surface area contributed by atoms with Crippen LogP contribution in [0, 0.1) is 0 Å². The monoisotopic (exact) mass is 403 g/mol. The van der Waals surface area contributed by atoms with Crippen LogP contribution in [0.4, 0.5) is 0 Å². The fourth-order valence-electron chi connectivity index (χ4n) is 2.87. The van der Waals surface area contributed by atoms with Crippen molar-refractivity contribution >= 4 is 15.9 Å². The van der Waals surface area contributed by atoms with Gasteiger partial charge in [0.05, 0.1) is 17.5 Å². The number of ether oxygens (including phenoxy) is 2. The Morgan fingerprint density at radius 3 is 2.64 bits per heavy atom. The first-order valence-corrected chi connectivity index (χ1v) is 10.7. The van der Waals surface area contributed by atoms with Crippen LogP contribution >= 0.6 is 0 Å². The Kier molecular flexibility index (Phi) is 5.19. The molecule has 1 fully saturated rings. The molecule has 0 atom stereocenters. The van der Waals surface area contributed by atoms with E-state index in [1.165, 1.54) is 0 Å². The SMILES string of the molecule is O=C(NCc1ccnc(CNS(=O)(=O)C2CC2)c1)c1ccc2c(c1)OCCO2. The quantitative estimate of drug-likeness (QED) is 0.723. The third kappa shape index (κ3) is 4.42. The molecule has 0 unspecified atom stereocenters. The number of carbonyl (C=O) groups excluding carboxylic acids is 1. The molecule has 1 aromatic heterocycles. The second kappa shape index (κ2) is 7.76. The van der Waals surface area contributed by atoms with Gasteiger partial charge >= 0.3 is 0 Å². The largest absolute Gasteiger partial charge is 0.486 e. The Labute approximate surface area is 163 Å². The number of aromatic nitrogens is 1. The number of fused-ring (bicyclic) bond motifs is 1. The summed E-state index contributed by atoms with van der Waals surface area (Å²) in [6.07, 6.45) is 3.04. The van der Waals surface area contributed by atoms with Gasteiger partial charge in [-0.3, -0.25) is 9.78 Å². The van der Waals surface area contributed by atoms with E-state index in [2.05, 4.69) is 15.0 Å². The Morgan fingerprint density at radius 2 is 1.86 bits per heavy atom. The zero-order valence-corrected chi connectivity index (χ0v) is 16.0. The topological polar surface area (TPSA) is 107 Å². The smallest absolute Gasteiger partial charge is 0.251 e. The minimum atomic E-state index is -3.25. The van der Waals surface area contributed by atoms with Crippen molar-refractivity contribution in [3.63, 3.8) is 0 Å². The number of nitrogens with one attached hydrogen (secondary N) is 2. The average molecular weight is 403 g/mol. The summed E-state index contributed by atoms with van der Waals surface area (Å²) in [6, 6.07) is 8.63. The maximum atomic E-state index is 12.4. The summed E-state index contributed by atoms with van der Waals surface area (Å²) in [4.78, 5) is 16.6. The van der Waals surface area contributed by atoms with Crippen molar-refractivity contribution in [2.45, 2.75) is 31.2 Å². The van der Waals surface area contributed by atoms with Gasteiger partial charge in [-0.25, -0.2) is 13.1 Å². The highest BCUT2D eigenvalue weighted by Crippen LogP contribution is 2.30. The lowest BCUT2D eigenvalue weighted by Gasteiger charge is -2.18. The lowest BCUT2D eigenvalue weighted by Crippen LogP contribution is -2.27. The normalized spacial score (nSPS) is 15.9. The first-order chi connectivity index (χ1) is 13.5. The van der Waals surface area contributed by atoms with Gasteiger partial charge in [0.1, 0.15) is 13.2 Å². The van der Waals surface area contributed by atoms with Crippen molar-refractivity contribution in [1.82, 2.24) is 15.0 Å². The molecule has 1 aliphatic heterocycles. The number of hydrogen-bond donors (Lipinski definition) is 2. The molecule has 1 aromatic carbocycles. The number of nitrogens with zero attached hydrogens (tertiary/aromatic N) is 1. The molecule has 0 bridgehead atoms. The molecular weight excluding hydrogens is 382 g/mol. The van der Waals surface area contributed by atoms with Gasteiger partial charge in [-0.15, -0.1) is 0 Å². The number of pyridine rings is 1. The van der Waals surface area contributed by atoms with Crippen molar-refractivity contribution in [2.75, 3.05) is 13.2 Å². The van der Waals surface area contributed by atoms with Crippen LogP contribution in [0.1, 0.15) is 34.5 Å². The van der Waals surface area contributed by atoms with E-state index in [9.17, 15) is 13.2 Å². The van der Waals surface area contributed by atoms with Crippen molar-refractivity contribution in [3.05, 3.63) is 53.3 Å². The lowest BCUT2D eigenvalue weighted by molar-refractivity contribution is 0.0949. The van der Waals surface area contributed by atoms with Gasteiger partial charge in [-0.2, -0.15) is 0 Å². The van der Waals surface area contributed by atoms with E-state index in [1.54, 1.807) is 36.5 Å². The van der Waals surface area contributed by atoms with Gasteiger partial charge < -0.3 is 14.8 Å². The summed E-state index contributed by atoms with van der Waals surface area (Å²) in [5.74, 6) is 0.966. The zero-order chi connectivity index (χ0) is 19.6. The second-order valence-electron chi connectivity index (χ2n) is 6.76. The predicted molar refractivity (Wildman–Crippen MR) is 102 cm³/mol. The van der Waals surface area contributed by atoms with E-state index in [4.69, 9.17) is 9.47 Å². The Hall–Kier alpha value is -2.65. The van der Waals surface area contributed by atoms with Crippen molar-refractivity contribution < 1.29 is 22.7 Å². The minimum Gasteiger partial charge on any atom is -0.486 e. The fourth-order valence-corrected chi connectivity index (χ4v) is 4.22. The number of hydrogen-bond acceptors (Lipinski definition) is 6. The van der Waals surface area contributed by atoms with Crippen LogP contribution in [0.2, 0.25) is 0 Å². The van der Waals surface area contributed by atoms with E-state index in [0.717, 1.165) is 5.56 Å². The minimum absolute atomic E-state index is 0.142. The highest BCUT2D eigenvalue weighted by molar-refractivity contribution is 7.90. The first kappa shape index (κ1) is 18.7. The molecule has 2 aliphatic rings. The van der Waals surface area contributed by atoms with Crippen molar-refractivity contribution in [3.8, 4) is 11.5 Å². The molecule has 1 aliphatic carbocycles. The number of sulfonamides is 1. The molecule has 28 heavy (non-hydrogen) atoms. The lowest BCUT2D eigenvalue weighted by atomic mass is 10.1. The highest BCUT2D eigenvalue weighted by Gasteiger charge is 2.35. The molecule has 4 rings (SSSR count). The average Bonchev–Trinajstić information content (AvgIpc) is 3.57. The number of carbonyl (C=O) groups is 1. The molecule has 2 N–H and O–H groups in total. The molecule has 1 amide bonds. The molecular formula is C19H21N3O5S. The summed E-state index contributed by atoms with van der Waals surface area (Å²) in [5, 5.41) is 2.59. The summed E-state index contributed by atoms with van der Waals surface area (Å²) in [6.45, 7) is 1.41. The molecule has 0 saturated heterocycles. The maximum Gasteiger partial charge on any atom is 0.251 e. The van der Waals surface area contributed by atoms with Gasteiger partial charge in [0.2, 0.25) is 10.0 Å². The Bertz CT molecular complexity index is 989. The van der Waals surface area contributed by atoms with Gasteiger partial charge in [0.15, 0.2) is 11.5 Å². The van der Waals surface area contributed by atoms with Gasteiger partial charge in [-0.05, 0) is 48.7 Å². The van der Waals surface area contributed by atoms with E-state index < -0.39 is 10.0 Å². The second-order valence-corrected chi connectivity index (χ2v) is 8.81. The Morgan fingerprint density at radius 1 is 1.07 bits per heavy atom. The molecule has 0 radical (unpaired) electrons. The third-order valence-electron chi connectivity index (χ3n) is 4.56. The van der Waals surface area contributed by atoms with E-state index >= 15 is 0 Å². The number of rotatable bonds is 7. The molecule has 2 heterocycles. The van der Waals surface area contributed by atoms with Crippen LogP contribution < -0.4 is 19.5 Å². The molecule has 1 saturated carbocycles. The molecule has 8 nitrogen and oxygen atoms in total. The van der Waals surface area contributed by atoms with Crippen LogP contribution in [0.5, 0.6) is 11.5 Å². The fraction of sp³-hybridized carbons (Fsp3) is 0.368. The van der Waals surface area contributed by atoms with E-state index in [1.807, 2.05) is 0 Å². The molecule has 9 heteroatoms. The van der Waals surface area contributed by atoms with Crippen molar-refractivity contribution in [1.29, 1.82) is 0 Å². The predicted octanol–water partition coefficient (Wildman–Crippen LogP) is 1.36. The summed E-state index contributed by atoms with van der Waals surface area (Å²) >= 11 is 0. The molecule has 148 valence electrons.